The summed E-state index contributed by atoms with van der Waals surface area (Å²) in [5.41, 5.74) is -0.657. The van der Waals surface area contributed by atoms with Gasteiger partial charge in [-0.2, -0.15) is 13.2 Å². The van der Waals surface area contributed by atoms with E-state index in [0.29, 0.717) is 25.2 Å². The number of piperidine rings is 1. The predicted octanol–water partition coefficient (Wildman–Crippen LogP) is 3.44. The van der Waals surface area contributed by atoms with Crippen LogP contribution in [0.5, 0.6) is 0 Å². The molecule has 0 spiro atoms. The lowest BCUT2D eigenvalue weighted by atomic mass is 9.96. The zero-order valence-electron chi connectivity index (χ0n) is 16.8. The number of nitro groups is 1. The lowest BCUT2D eigenvalue weighted by Crippen LogP contribution is -2.35. The van der Waals surface area contributed by atoms with Crippen molar-refractivity contribution in [2.45, 2.75) is 29.8 Å². The SMILES string of the molecule is CS(=O)(=O)c1ccc(N2CCC[C@@H](c3nnc4ccc(C(F)(F)F)cn34)C2)c([N+](=O)[O-])c1. The van der Waals surface area contributed by atoms with Gasteiger partial charge < -0.3 is 4.90 Å². The fourth-order valence-electron chi connectivity index (χ4n) is 3.91. The first-order chi connectivity index (χ1) is 14.9. The van der Waals surface area contributed by atoms with Crippen molar-refractivity contribution in [2.24, 2.45) is 0 Å². The van der Waals surface area contributed by atoms with Crippen molar-refractivity contribution in [1.29, 1.82) is 0 Å². The molecule has 32 heavy (non-hydrogen) atoms. The molecule has 3 heterocycles. The Morgan fingerprint density at radius 3 is 2.59 bits per heavy atom. The Kier molecular flexibility index (Phi) is 5.31. The molecule has 13 heteroatoms. The van der Waals surface area contributed by atoms with E-state index in [1.807, 2.05) is 0 Å². The number of benzene rings is 1. The molecule has 170 valence electrons. The number of nitro benzene ring substituents is 1. The van der Waals surface area contributed by atoms with Crippen LogP contribution in [0.2, 0.25) is 0 Å². The average Bonchev–Trinajstić information content (AvgIpc) is 3.15. The van der Waals surface area contributed by atoms with Gasteiger partial charge in [0.25, 0.3) is 5.69 Å². The molecule has 3 aromatic rings. The molecule has 1 saturated heterocycles. The Morgan fingerprint density at radius 1 is 1.19 bits per heavy atom. The molecule has 4 rings (SSSR count). The molecule has 0 bridgehead atoms. The minimum atomic E-state index is -4.52. The summed E-state index contributed by atoms with van der Waals surface area (Å²) in [7, 11) is -3.63. The molecule has 0 amide bonds. The fourth-order valence-corrected chi connectivity index (χ4v) is 4.55. The number of rotatable bonds is 4. The number of fused-ring (bicyclic) bond motifs is 1. The maximum atomic E-state index is 13.1. The third kappa shape index (κ3) is 4.11. The van der Waals surface area contributed by atoms with Crippen molar-refractivity contribution >= 4 is 26.9 Å². The summed E-state index contributed by atoms with van der Waals surface area (Å²) in [6.07, 6.45) is -1.37. The fraction of sp³-hybridized carbons (Fsp3) is 0.368. The van der Waals surface area contributed by atoms with Crippen LogP contribution < -0.4 is 4.90 Å². The van der Waals surface area contributed by atoms with Crippen molar-refractivity contribution in [2.75, 3.05) is 24.2 Å². The molecule has 0 N–H and O–H groups in total. The topological polar surface area (TPSA) is 111 Å². The Balaban J connectivity index is 1.70. The summed E-state index contributed by atoms with van der Waals surface area (Å²) < 4.78 is 64.3. The number of halogens is 3. The van der Waals surface area contributed by atoms with E-state index in [1.54, 1.807) is 4.90 Å². The summed E-state index contributed by atoms with van der Waals surface area (Å²) in [5.74, 6) is 0.0163. The molecule has 1 atom stereocenters. The van der Waals surface area contributed by atoms with Crippen molar-refractivity contribution in [3.05, 3.63) is 58.0 Å². The largest absolute Gasteiger partial charge is 0.417 e. The van der Waals surface area contributed by atoms with Crippen LogP contribution in [0.3, 0.4) is 0 Å². The second kappa shape index (κ2) is 7.73. The third-order valence-electron chi connectivity index (χ3n) is 5.45. The maximum Gasteiger partial charge on any atom is 0.417 e. The summed E-state index contributed by atoms with van der Waals surface area (Å²) in [6.45, 7) is 0.732. The van der Waals surface area contributed by atoms with Crippen LogP contribution in [0.25, 0.3) is 5.65 Å². The van der Waals surface area contributed by atoms with E-state index in [-0.39, 0.29) is 34.4 Å². The Morgan fingerprint density at radius 2 is 1.94 bits per heavy atom. The van der Waals surface area contributed by atoms with E-state index >= 15 is 0 Å². The number of alkyl halides is 3. The van der Waals surface area contributed by atoms with E-state index in [1.165, 1.54) is 22.6 Å². The van der Waals surface area contributed by atoms with Gasteiger partial charge in [0.05, 0.1) is 15.4 Å². The second-order valence-electron chi connectivity index (χ2n) is 7.67. The van der Waals surface area contributed by atoms with E-state index in [0.717, 1.165) is 24.6 Å². The normalized spacial score (nSPS) is 17.6. The highest BCUT2D eigenvalue weighted by atomic mass is 32.2. The van der Waals surface area contributed by atoms with Crippen molar-refractivity contribution in [3.8, 4) is 0 Å². The van der Waals surface area contributed by atoms with Crippen LogP contribution in [0, 0.1) is 10.1 Å². The minimum Gasteiger partial charge on any atom is -0.365 e. The molecular weight excluding hydrogens is 451 g/mol. The standard InChI is InChI=1S/C19H18F3N5O4S/c1-32(30,31)14-5-6-15(16(9-14)27(28)29)25-8-2-3-12(10-25)18-24-23-17-7-4-13(11-26(17)18)19(20,21)22/h4-7,9,11-12H,2-3,8,10H2,1H3/t12-/m1/s1. The molecule has 0 aliphatic carbocycles. The quantitative estimate of drug-likeness (QED) is 0.425. The molecule has 0 saturated carbocycles. The molecule has 0 radical (unpaired) electrons. The first-order valence-corrected chi connectivity index (χ1v) is 11.5. The van der Waals surface area contributed by atoms with Gasteiger partial charge in [-0.1, -0.05) is 0 Å². The van der Waals surface area contributed by atoms with Crippen LogP contribution in [0.4, 0.5) is 24.5 Å². The molecular formula is C19H18F3N5O4S. The van der Waals surface area contributed by atoms with Gasteiger partial charge in [0, 0.05) is 37.5 Å². The molecule has 9 nitrogen and oxygen atoms in total. The van der Waals surface area contributed by atoms with Crippen LogP contribution in [0.1, 0.15) is 30.1 Å². The summed E-state index contributed by atoms with van der Waals surface area (Å²) in [4.78, 5) is 12.5. The Bertz CT molecular complexity index is 1310. The smallest absolute Gasteiger partial charge is 0.365 e. The number of aromatic nitrogens is 3. The van der Waals surface area contributed by atoms with Gasteiger partial charge in [-0.05, 0) is 37.1 Å². The molecule has 0 unspecified atom stereocenters. The number of sulfone groups is 1. The van der Waals surface area contributed by atoms with E-state index < -0.39 is 26.5 Å². The number of hydrogen-bond donors (Lipinski definition) is 0. The van der Waals surface area contributed by atoms with Gasteiger partial charge in [-0.25, -0.2) is 8.42 Å². The van der Waals surface area contributed by atoms with Gasteiger partial charge in [0.1, 0.15) is 11.5 Å². The highest BCUT2D eigenvalue weighted by Gasteiger charge is 2.33. The van der Waals surface area contributed by atoms with E-state index in [4.69, 9.17) is 0 Å². The van der Waals surface area contributed by atoms with Crippen LogP contribution in [0.15, 0.2) is 41.4 Å². The van der Waals surface area contributed by atoms with Gasteiger partial charge in [-0.15, -0.1) is 10.2 Å². The predicted molar refractivity (Wildman–Crippen MR) is 108 cm³/mol. The highest BCUT2D eigenvalue weighted by Crippen LogP contribution is 2.36. The summed E-state index contributed by atoms with van der Waals surface area (Å²) in [5, 5.41) is 19.6. The number of anilines is 1. The number of hydrogen-bond acceptors (Lipinski definition) is 7. The number of pyridine rings is 1. The highest BCUT2D eigenvalue weighted by molar-refractivity contribution is 7.90. The van der Waals surface area contributed by atoms with Gasteiger partial charge >= 0.3 is 6.18 Å². The third-order valence-corrected chi connectivity index (χ3v) is 6.57. The molecule has 1 aliphatic rings. The lowest BCUT2D eigenvalue weighted by molar-refractivity contribution is -0.384. The van der Waals surface area contributed by atoms with Gasteiger partial charge in [0.2, 0.25) is 0 Å². The zero-order valence-corrected chi connectivity index (χ0v) is 17.6. The first kappa shape index (κ1) is 22.0. The number of nitrogens with zero attached hydrogens (tertiary/aromatic N) is 5. The Hall–Kier alpha value is -3.22. The molecule has 1 fully saturated rings. The van der Waals surface area contributed by atoms with Crippen molar-refractivity contribution in [1.82, 2.24) is 14.6 Å². The van der Waals surface area contributed by atoms with Crippen LogP contribution in [-0.2, 0) is 16.0 Å². The summed E-state index contributed by atoms with van der Waals surface area (Å²) in [6, 6.07) is 5.91. The van der Waals surface area contributed by atoms with Gasteiger partial charge in [0.15, 0.2) is 15.5 Å². The first-order valence-electron chi connectivity index (χ1n) is 9.60. The van der Waals surface area contributed by atoms with Crippen LogP contribution in [-0.4, -0.2) is 47.3 Å². The van der Waals surface area contributed by atoms with Crippen molar-refractivity contribution in [3.63, 3.8) is 0 Å². The molecule has 1 aromatic carbocycles. The zero-order chi connectivity index (χ0) is 23.3. The lowest BCUT2D eigenvalue weighted by Gasteiger charge is -2.33. The average molecular weight is 469 g/mol. The van der Waals surface area contributed by atoms with Crippen LogP contribution >= 0.6 is 0 Å². The second-order valence-corrected chi connectivity index (χ2v) is 9.68. The van der Waals surface area contributed by atoms with E-state index in [2.05, 4.69) is 10.2 Å². The van der Waals surface area contributed by atoms with Gasteiger partial charge in [-0.3, -0.25) is 14.5 Å². The summed E-state index contributed by atoms with van der Waals surface area (Å²) >= 11 is 0. The Labute approximate surface area is 180 Å². The maximum absolute atomic E-state index is 13.1. The van der Waals surface area contributed by atoms with E-state index in [9.17, 15) is 31.7 Å². The monoisotopic (exact) mass is 469 g/mol. The van der Waals surface area contributed by atoms with Crippen molar-refractivity contribution < 1.29 is 26.5 Å². The minimum absolute atomic E-state index is 0.162. The molecule has 1 aliphatic heterocycles. The molecule has 2 aromatic heterocycles.